The minimum absolute atomic E-state index is 0.257. The first-order valence-electron chi connectivity index (χ1n) is 7.35. The summed E-state index contributed by atoms with van der Waals surface area (Å²) in [7, 11) is 0. The van der Waals surface area contributed by atoms with Gasteiger partial charge >= 0.3 is 6.09 Å². The van der Waals surface area contributed by atoms with Crippen LogP contribution in [0.4, 0.5) is 13.6 Å². The molecule has 5 heteroatoms. The van der Waals surface area contributed by atoms with Crippen LogP contribution in [0.3, 0.4) is 0 Å². The minimum Gasteiger partial charge on any atom is -0.465 e. The van der Waals surface area contributed by atoms with Crippen molar-refractivity contribution in [2.24, 2.45) is 5.41 Å². The Morgan fingerprint density at radius 3 is 2.39 bits per heavy atom. The van der Waals surface area contributed by atoms with Crippen molar-refractivity contribution in [3.63, 3.8) is 0 Å². The SMILES string of the molecule is CC1(C)Cc2cc(-c3cc(F)cc(F)c3)ccc2C1NC(=O)O. The molecule has 3 rings (SSSR count). The molecular formula is C18H17F2NO2. The number of hydrogen-bond acceptors (Lipinski definition) is 1. The van der Waals surface area contributed by atoms with Crippen LogP contribution in [0.2, 0.25) is 0 Å². The number of rotatable bonds is 2. The monoisotopic (exact) mass is 317 g/mol. The molecule has 1 unspecified atom stereocenters. The highest BCUT2D eigenvalue weighted by Crippen LogP contribution is 2.46. The van der Waals surface area contributed by atoms with Crippen molar-refractivity contribution >= 4 is 6.09 Å². The minimum atomic E-state index is -1.06. The van der Waals surface area contributed by atoms with Gasteiger partial charge in [0.15, 0.2) is 0 Å². The van der Waals surface area contributed by atoms with Gasteiger partial charge in [-0.25, -0.2) is 13.6 Å². The molecule has 120 valence electrons. The third-order valence-electron chi connectivity index (χ3n) is 4.35. The van der Waals surface area contributed by atoms with Crippen LogP contribution < -0.4 is 5.32 Å². The molecule has 0 heterocycles. The summed E-state index contributed by atoms with van der Waals surface area (Å²) in [5, 5.41) is 11.6. The summed E-state index contributed by atoms with van der Waals surface area (Å²) in [4.78, 5) is 11.0. The maximum atomic E-state index is 13.4. The second-order valence-electron chi connectivity index (χ2n) is 6.62. The van der Waals surface area contributed by atoms with Gasteiger partial charge in [0.05, 0.1) is 6.04 Å². The van der Waals surface area contributed by atoms with Crippen molar-refractivity contribution in [2.45, 2.75) is 26.3 Å². The van der Waals surface area contributed by atoms with Gasteiger partial charge in [-0.1, -0.05) is 32.0 Å². The first-order valence-corrected chi connectivity index (χ1v) is 7.35. The van der Waals surface area contributed by atoms with Crippen LogP contribution in [0, 0.1) is 17.0 Å². The molecule has 1 amide bonds. The van der Waals surface area contributed by atoms with Gasteiger partial charge in [-0.3, -0.25) is 0 Å². The Labute approximate surface area is 133 Å². The van der Waals surface area contributed by atoms with E-state index in [0.29, 0.717) is 17.5 Å². The quantitative estimate of drug-likeness (QED) is 0.855. The predicted octanol–water partition coefficient (Wildman–Crippen LogP) is 4.52. The topological polar surface area (TPSA) is 49.3 Å². The van der Waals surface area contributed by atoms with Crippen molar-refractivity contribution < 1.29 is 18.7 Å². The Kier molecular flexibility index (Phi) is 3.59. The highest BCUT2D eigenvalue weighted by Gasteiger charge is 2.39. The van der Waals surface area contributed by atoms with Crippen molar-refractivity contribution in [3.8, 4) is 11.1 Å². The fraction of sp³-hybridized carbons (Fsp3) is 0.278. The summed E-state index contributed by atoms with van der Waals surface area (Å²) < 4.78 is 26.8. The smallest absolute Gasteiger partial charge is 0.405 e. The van der Waals surface area contributed by atoms with Gasteiger partial charge in [0, 0.05) is 6.07 Å². The molecule has 0 bridgehead atoms. The summed E-state index contributed by atoms with van der Waals surface area (Å²) >= 11 is 0. The fourth-order valence-electron chi connectivity index (χ4n) is 3.35. The van der Waals surface area contributed by atoms with Gasteiger partial charge in [0.25, 0.3) is 0 Å². The van der Waals surface area contributed by atoms with Crippen LogP contribution in [-0.4, -0.2) is 11.2 Å². The van der Waals surface area contributed by atoms with E-state index < -0.39 is 17.7 Å². The Morgan fingerprint density at radius 2 is 1.78 bits per heavy atom. The van der Waals surface area contributed by atoms with Gasteiger partial charge in [0.2, 0.25) is 0 Å². The number of carboxylic acid groups (broad SMARTS) is 1. The summed E-state index contributed by atoms with van der Waals surface area (Å²) in [6, 6.07) is 8.61. The van der Waals surface area contributed by atoms with E-state index in [9.17, 15) is 13.6 Å². The summed E-state index contributed by atoms with van der Waals surface area (Å²) in [6.45, 7) is 3.99. The zero-order valence-electron chi connectivity index (χ0n) is 12.9. The van der Waals surface area contributed by atoms with E-state index in [1.165, 1.54) is 12.1 Å². The number of amides is 1. The highest BCUT2D eigenvalue weighted by atomic mass is 19.1. The molecular weight excluding hydrogens is 300 g/mol. The molecule has 1 aliphatic rings. The normalized spacial score (nSPS) is 18.5. The van der Waals surface area contributed by atoms with Crippen LogP contribution in [0.15, 0.2) is 36.4 Å². The molecule has 0 radical (unpaired) electrons. The number of benzene rings is 2. The molecule has 0 fully saturated rings. The van der Waals surface area contributed by atoms with Gasteiger partial charge < -0.3 is 10.4 Å². The van der Waals surface area contributed by atoms with Crippen molar-refractivity contribution in [3.05, 3.63) is 59.2 Å². The highest BCUT2D eigenvalue weighted by molar-refractivity contribution is 5.68. The van der Waals surface area contributed by atoms with E-state index in [4.69, 9.17) is 5.11 Å². The van der Waals surface area contributed by atoms with Crippen LogP contribution in [0.5, 0.6) is 0 Å². The van der Waals surface area contributed by atoms with E-state index >= 15 is 0 Å². The van der Waals surface area contributed by atoms with E-state index in [-0.39, 0.29) is 11.5 Å². The van der Waals surface area contributed by atoms with Crippen LogP contribution in [-0.2, 0) is 6.42 Å². The van der Waals surface area contributed by atoms with Gasteiger partial charge in [-0.15, -0.1) is 0 Å². The average Bonchev–Trinajstić information content (AvgIpc) is 2.67. The third kappa shape index (κ3) is 2.91. The maximum Gasteiger partial charge on any atom is 0.405 e. The van der Waals surface area contributed by atoms with Gasteiger partial charge in [-0.05, 0) is 46.2 Å². The molecule has 2 N–H and O–H groups in total. The number of halogens is 2. The molecule has 23 heavy (non-hydrogen) atoms. The Bertz CT molecular complexity index is 766. The van der Waals surface area contributed by atoms with Crippen LogP contribution >= 0.6 is 0 Å². The lowest BCUT2D eigenvalue weighted by Gasteiger charge is -2.27. The lowest BCUT2D eigenvalue weighted by molar-refractivity contribution is 0.175. The van der Waals surface area contributed by atoms with E-state index in [1.54, 1.807) is 6.07 Å². The Hall–Kier alpha value is -2.43. The molecule has 0 saturated heterocycles. The lowest BCUT2D eigenvalue weighted by atomic mass is 9.85. The summed E-state index contributed by atoms with van der Waals surface area (Å²) in [5.74, 6) is -1.24. The largest absolute Gasteiger partial charge is 0.465 e. The molecule has 2 aromatic carbocycles. The molecule has 0 aromatic heterocycles. The zero-order chi connectivity index (χ0) is 16.8. The second kappa shape index (κ2) is 5.33. The number of fused-ring (bicyclic) bond motifs is 1. The van der Waals surface area contributed by atoms with Crippen LogP contribution in [0.1, 0.15) is 31.0 Å². The lowest BCUT2D eigenvalue weighted by Crippen LogP contribution is -2.34. The molecule has 1 aliphatic carbocycles. The first kappa shape index (κ1) is 15.5. The van der Waals surface area contributed by atoms with E-state index in [1.807, 2.05) is 26.0 Å². The third-order valence-corrected chi connectivity index (χ3v) is 4.35. The molecule has 0 aliphatic heterocycles. The zero-order valence-corrected chi connectivity index (χ0v) is 12.9. The number of hydrogen-bond donors (Lipinski definition) is 2. The second-order valence-corrected chi connectivity index (χ2v) is 6.62. The van der Waals surface area contributed by atoms with Crippen molar-refractivity contribution in [2.75, 3.05) is 0 Å². The van der Waals surface area contributed by atoms with Crippen LogP contribution in [0.25, 0.3) is 11.1 Å². The fourth-order valence-corrected chi connectivity index (χ4v) is 3.35. The van der Waals surface area contributed by atoms with E-state index in [0.717, 1.165) is 17.2 Å². The predicted molar refractivity (Wildman–Crippen MR) is 83.2 cm³/mol. The van der Waals surface area contributed by atoms with Gasteiger partial charge in [0.1, 0.15) is 11.6 Å². The molecule has 1 atom stereocenters. The molecule has 3 nitrogen and oxygen atoms in total. The number of nitrogens with one attached hydrogen (secondary N) is 1. The molecule has 0 spiro atoms. The Balaban J connectivity index is 2.03. The standard InChI is InChI=1S/C18H17F2NO2/c1-18(2)9-12-5-10(11-6-13(19)8-14(20)7-11)3-4-15(12)16(18)21-17(22)23/h3-8,16,21H,9H2,1-2H3,(H,22,23). The number of carbonyl (C=O) groups is 1. The van der Waals surface area contributed by atoms with Crippen molar-refractivity contribution in [1.29, 1.82) is 0 Å². The Morgan fingerprint density at radius 1 is 1.13 bits per heavy atom. The first-order chi connectivity index (χ1) is 10.8. The average molecular weight is 317 g/mol. The summed E-state index contributed by atoms with van der Waals surface area (Å²) in [5.41, 5.74) is 2.84. The van der Waals surface area contributed by atoms with Gasteiger partial charge in [-0.2, -0.15) is 0 Å². The molecule has 0 saturated carbocycles. The van der Waals surface area contributed by atoms with Crippen molar-refractivity contribution in [1.82, 2.24) is 5.32 Å². The van der Waals surface area contributed by atoms with E-state index in [2.05, 4.69) is 5.32 Å². The maximum absolute atomic E-state index is 13.4. The molecule has 2 aromatic rings. The summed E-state index contributed by atoms with van der Waals surface area (Å²) in [6.07, 6.45) is -0.369.